The highest BCUT2D eigenvalue weighted by atomic mass is 16.5. The molecule has 0 aliphatic heterocycles. The van der Waals surface area contributed by atoms with E-state index in [9.17, 15) is 4.79 Å². The zero-order valence-electron chi connectivity index (χ0n) is 16.1. The van der Waals surface area contributed by atoms with Crippen LogP contribution in [0.4, 0.5) is 0 Å². The molecule has 1 aromatic carbocycles. The highest BCUT2D eigenvalue weighted by Crippen LogP contribution is 2.29. The second kappa shape index (κ2) is 10.3. The zero-order chi connectivity index (χ0) is 18.1. The summed E-state index contributed by atoms with van der Waals surface area (Å²) in [6.07, 6.45) is 1.68. The lowest BCUT2D eigenvalue weighted by Gasteiger charge is -2.21. The van der Waals surface area contributed by atoms with Gasteiger partial charge in [0.15, 0.2) is 0 Å². The second-order valence-electron chi connectivity index (χ2n) is 7.30. The SMILES string of the molecule is CC(C)Oc1ccc([C@H](CC(=O)NCCCN(C)C)C(C)C)cc1. The van der Waals surface area contributed by atoms with Gasteiger partial charge in [0, 0.05) is 13.0 Å². The van der Waals surface area contributed by atoms with E-state index in [1.54, 1.807) is 0 Å². The fraction of sp³-hybridized carbons (Fsp3) is 0.650. The van der Waals surface area contributed by atoms with Crippen LogP contribution >= 0.6 is 0 Å². The van der Waals surface area contributed by atoms with Crippen LogP contribution in [0, 0.1) is 5.92 Å². The molecule has 1 rings (SSSR count). The van der Waals surface area contributed by atoms with Crippen molar-refractivity contribution in [3.05, 3.63) is 29.8 Å². The monoisotopic (exact) mass is 334 g/mol. The Labute approximate surface area is 147 Å². The van der Waals surface area contributed by atoms with Crippen molar-refractivity contribution in [1.29, 1.82) is 0 Å². The lowest BCUT2D eigenvalue weighted by molar-refractivity contribution is -0.121. The summed E-state index contributed by atoms with van der Waals surface area (Å²) in [5, 5.41) is 3.04. The van der Waals surface area contributed by atoms with E-state index < -0.39 is 0 Å². The maximum Gasteiger partial charge on any atom is 0.220 e. The van der Waals surface area contributed by atoms with E-state index in [-0.39, 0.29) is 17.9 Å². The number of amides is 1. The summed E-state index contributed by atoms with van der Waals surface area (Å²) in [5.41, 5.74) is 1.20. The van der Waals surface area contributed by atoms with Gasteiger partial charge < -0.3 is 15.0 Å². The average Bonchev–Trinajstić information content (AvgIpc) is 2.49. The van der Waals surface area contributed by atoms with E-state index in [0.29, 0.717) is 12.3 Å². The quantitative estimate of drug-likeness (QED) is 0.664. The summed E-state index contributed by atoms with van der Waals surface area (Å²) in [5.74, 6) is 1.65. The number of hydrogen-bond donors (Lipinski definition) is 1. The number of nitrogens with zero attached hydrogens (tertiary/aromatic N) is 1. The Morgan fingerprint density at radius 1 is 1.12 bits per heavy atom. The van der Waals surface area contributed by atoms with Crippen molar-refractivity contribution in [3.63, 3.8) is 0 Å². The van der Waals surface area contributed by atoms with Gasteiger partial charge in [0.2, 0.25) is 5.91 Å². The molecule has 4 nitrogen and oxygen atoms in total. The molecule has 0 aliphatic rings. The maximum absolute atomic E-state index is 12.2. The van der Waals surface area contributed by atoms with Gasteiger partial charge in [0.25, 0.3) is 0 Å². The zero-order valence-corrected chi connectivity index (χ0v) is 16.1. The molecule has 24 heavy (non-hydrogen) atoms. The van der Waals surface area contributed by atoms with Crippen molar-refractivity contribution in [2.45, 2.75) is 52.6 Å². The minimum absolute atomic E-state index is 0.134. The molecule has 1 atom stereocenters. The van der Waals surface area contributed by atoms with Crippen LogP contribution in [0.25, 0.3) is 0 Å². The normalized spacial score (nSPS) is 12.7. The van der Waals surface area contributed by atoms with Crippen molar-refractivity contribution in [2.24, 2.45) is 5.92 Å². The summed E-state index contributed by atoms with van der Waals surface area (Å²) in [6.45, 7) is 10.1. The smallest absolute Gasteiger partial charge is 0.220 e. The topological polar surface area (TPSA) is 41.6 Å². The Balaban J connectivity index is 2.58. The molecule has 1 aromatic rings. The molecule has 0 radical (unpaired) electrons. The molecular formula is C20H34N2O2. The van der Waals surface area contributed by atoms with Gasteiger partial charge in [-0.25, -0.2) is 0 Å². The van der Waals surface area contributed by atoms with E-state index in [1.165, 1.54) is 5.56 Å². The van der Waals surface area contributed by atoms with E-state index >= 15 is 0 Å². The third-order valence-corrected chi connectivity index (χ3v) is 3.99. The Bertz CT molecular complexity index is 481. The van der Waals surface area contributed by atoms with Crippen LogP contribution in [0.5, 0.6) is 5.75 Å². The summed E-state index contributed by atoms with van der Waals surface area (Å²) < 4.78 is 5.69. The first-order valence-electron chi connectivity index (χ1n) is 8.97. The molecular weight excluding hydrogens is 300 g/mol. The average molecular weight is 335 g/mol. The van der Waals surface area contributed by atoms with Crippen molar-refractivity contribution < 1.29 is 9.53 Å². The standard InChI is InChI=1S/C20H34N2O2/c1-15(2)19(14-20(23)21-12-7-13-22(5)6)17-8-10-18(11-9-17)24-16(3)4/h8-11,15-16,19H,7,12-14H2,1-6H3,(H,21,23)/t19-/m1/s1. The van der Waals surface area contributed by atoms with E-state index in [1.807, 2.05) is 40.1 Å². The Kier molecular flexibility index (Phi) is 8.83. The van der Waals surface area contributed by atoms with Crippen LogP contribution in [-0.4, -0.2) is 44.1 Å². The van der Waals surface area contributed by atoms with E-state index in [4.69, 9.17) is 4.74 Å². The molecule has 1 N–H and O–H groups in total. The van der Waals surface area contributed by atoms with Crippen molar-refractivity contribution in [2.75, 3.05) is 27.2 Å². The number of carbonyl (C=O) groups excluding carboxylic acids is 1. The second-order valence-corrected chi connectivity index (χ2v) is 7.30. The lowest BCUT2D eigenvalue weighted by Crippen LogP contribution is -2.29. The molecule has 0 unspecified atom stereocenters. The summed E-state index contributed by atoms with van der Waals surface area (Å²) >= 11 is 0. The third kappa shape index (κ3) is 7.82. The van der Waals surface area contributed by atoms with Gasteiger partial charge in [-0.15, -0.1) is 0 Å². The molecule has 136 valence electrons. The number of nitrogens with one attached hydrogen (secondary N) is 1. The lowest BCUT2D eigenvalue weighted by atomic mass is 9.85. The molecule has 0 fully saturated rings. The van der Waals surface area contributed by atoms with Crippen molar-refractivity contribution >= 4 is 5.91 Å². The fourth-order valence-electron chi connectivity index (χ4n) is 2.70. The van der Waals surface area contributed by atoms with Gasteiger partial charge >= 0.3 is 0 Å². The molecule has 0 saturated carbocycles. The van der Waals surface area contributed by atoms with Crippen LogP contribution in [-0.2, 0) is 4.79 Å². The minimum atomic E-state index is 0.134. The first kappa shape index (κ1) is 20.5. The maximum atomic E-state index is 12.2. The molecule has 0 aliphatic carbocycles. The summed E-state index contributed by atoms with van der Waals surface area (Å²) in [4.78, 5) is 14.4. The minimum Gasteiger partial charge on any atom is -0.491 e. The number of hydrogen-bond acceptors (Lipinski definition) is 3. The molecule has 0 saturated heterocycles. The van der Waals surface area contributed by atoms with Gasteiger partial charge in [-0.3, -0.25) is 4.79 Å². The van der Waals surface area contributed by atoms with Crippen molar-refractivity contribution in [1.82, 2.24) is 10.2 Å². The molecule has 1 amide bonds. The van der Waals surface area contributed by atoms with Gasteiger partial charge in [-0.05, 0) is 70.4 Å². The first-order valence-corrected chi connectivity index (χ1v) is 8.97. The highest BCUT2D eigenvalue weighted by Gasteiger charge is 2.19. The predicted molar refractivity (Wildman–Crippen MR) is 101 cm³/mol. The van der Waals surface area contributed by atoms with Crippen LogP contribution in [0.2, 0.25) is 0 Å². The number of ether oxygens (including phenoxy) is 1. The number of rotatable bonds is 10. The molecule has 0 aromatic heterocycles. The Morgan fingerprint density at radius 3 is 2.25 bits per heavy atom. The summed E-state index contributed by atoms with van der Waals surface area (Å²) in [7, 11) is 4.09. The van der Waals surface area contributed by atoms with Crippen LogP contribution in [0.3, 0.4) is 0 Å². The first-order chi connectivity index (χ1) is 11.3. The van der Waals surface area contributed by atoms with Crippen molar-refractivity contribution in [3.8, 4) is 5.75 Å². The van der Waals surface area contributed by atoms with Gasteiger partial charge in [0.05, 0.1) is 6.10 Å². The number of carbonyl (C=O) groups is 1. The van der Waals surface area contributed by atoms with Crippen LogP contribution in [0.15, 0.2) is 24.3 Å². The van der Waals surface area contributed by atoms with Crippen LogP contribution < -0.4 is 10.1 Å². The van der Waals surface area contributed by atoms with Crippen LogP contribution in [0.1, 0.15) is 52.0 Å². The molecule has 4 heteroatoms. The largest absolute Gasteiger partial charge is 0.491 e. The van der Waals surface area contributed by atoms with E-state index in [2.05, 4.69) is 36.2 Å². The molecule has 0 heterocycles. The van der Waals surface area contributed by atoms with Gasteiger partial charge in [-0.2, -0.15) is 0 Å². The Hall–Kier alpha value is -1.55. The van der Waals surface area contributed by atoms with E-state index in [0.717, 1.165) is 25.3 Å². The Morgan fingerprint density at radius 2 is 1.75 bits per heavy atom. The molecule has 0 bridgehead atoms. The predicted octanol–water partition coefficient (Wildman–Crippen LogP) is 3.67. The summed E-state index contributed by atoms with van der Waals surface area (Å²) in [6, 6.07) is 8.17. The fourth-order valence-corrected chi connectivity index (χ4v) is 2.70. The third-order valence-electron chi connectivity index (χ3n) is 3.99. The van der Waals surface area contributed by atoms with Gasteiger partial charge in [0.1, 0.15) is 5.75 Å². The highest BCUT2D eigenvalue weighted by molar-refractivity contribution is 5.76. The molecule has 0 spiro atoms. The van der Waals surface area contributed by atoms with Gasteiger partial charge in [-0.1, -0.05) is 26.0 Å². The number of benzene rings is 1.